The van der Waals surface area contributed by atoms with Crippen LogP contribution >= 0.6 is 0 Å². The van der Waals surface area contributed by atoms with Gasteiger partial charge in [0.1, 0.15) is 0 Å². The van der Waals surface area contributed by atoms with Crippen molar-refractivity contribution in [1.82, 2.24) is 10.2 Å². The van der Waals surface area contributed by atoms with Crippen molar-refractivity contribution in [3.8, 4) is 0 Å². The lowest BCUT2D eigenvalue weighted by atomic mass is 9.99. The Hall–Kier alpha value is -1.06. The highest BCUT2D eigenvalue weighted by Gasteiger charge is 2.28. The number of hydrogen-bond donors (Lipinski definition) is 1. The smallest absolute Gasteiger partial charge is 0.324 e. The first-order valence-corrected chi connectivity index (χ1v) is 4.57. The molecule has 74 valence electrons. The number of imide groups is 1. The monoisotopic (exact) mass is 184 g/mol. The largest absolute Gasteiger partial charge is 0.334 e. The van der Waals surface area contributed by atoms with Crippen molar-refractivity contribution in [2.24, 2.45) is 5.92 Å². The third kappa shape index (κ3) is 2.44. The van der Waals surface area contributed by atoms with Gasteiger partial charge in [-0.05, 0) is 12.3 Å². The Balaban J connectivity index is 2.54. The molecule has 0 spiro atoms. The molecule has 4 nitrogen and oxygen atoms in total. The highest BCUT2D eigenvalue weighted by atomic mass is 16.2. The molecule has 13 heavy (non-hydrogen) atoms. The number of rotatable bonds is 2. The van der Waals surface area contributed by atoms with E-state index in [4.69, 9.17) is 0 Å². The van der Waals surface area contributed by atoms with Crippen LogP contribution in [0.3, 0.4) is 0 Å². The van der Waals surface area contributed by atoms with Crippen LogP contribution in [-0.4, -0.2) is 29.9 Å². The molecule has 0 aliphatic carbocycles. The van der Waals surface area contributed by atoms with Crippen LogP contribution in [0.4, 0.5) is 4.79 Å². The van der Waals surface area contributed by atoms with Crippen LogP contribution in [0.1, 0.15) is 26.7 Å². The van der Waals surface area contributed by atoms with E-state index >= 15 is 0 Å². The van der Waals surface area contributed by atoms with Crippen LogP contribution in [0.5, 0.6) is 0 Å². The molecule has 3 amide bonds. The molecule has 0 saturated carbocycles. The SMILES string of the molecule is CC(C)CC1CC(=O)N(C)C(=O)N1. The van der Waals surface area contributed by atoms with Crippen LogP contribution in [-0.2, 0) is 4.79 Å². The lowest BCUT2D eigenvalue weighted by Gasteiger charge is -2.29. The van der Waals surface area contributed by atoms with E-state index < -0.39 is 0 Å². The molecular formula is C9H16N2O2. The van der Waals surface area contributed by atoms with Gasteiger partial charge in [-0.15, -0.1) is 0 Å². The van der Waals surface area contributed by atoms with Gasteiger partial charge in [0.05, 0.1) is 0 Å². The van der Waals surface area contributed by atoms with E-state index in [1.807, 2.05) is 0 Å². The molecule has 1 atom stereocenters. The Kier molecular flexibility index (Phi) is 2.90. The number of carbonyl (C=O) groups is 2. The van der Waals surface area contributed by atoms with Gasteiger partial charge in [-0.3, -0.25) is 9.69 Å². The third-order valence-electron chi connectivity index (χ3n) is 2.18. The number of carbonyl (C=O) groups excluding carboxylic acids is 2. The van der Waals surface area contributed by atoms with E-state index in [1.165, 1.54) is 7.05 Å². The first-order chi connectivity index (χ1) is 6.00. The van der Waals surface area contributed by atoms with Crippen LogP contribution < -0.4 is 5.32 Å². The van der Waals surface area contributed by atoms with Crippen molar-refractivity contribution in [3.63, 3.8) is 0 Å². The van der Waals surface area contributed by atoms with Crippen molar-refractivity contribution in [3.05, 3.63) is 0 Å². The maximum Gasteiger partial charge on any atom is 0.324 e. The Labute approximate surface area is 78.3 Å². The predicted octanol–water partition coefficient (Wildman–Crippen LogP) is 0.973. The second-order valence-electron chi connectivity index (χ2n) is 3.93. The van der Waals surface area contributed by atoms with E-state index in [2.05, 4.69) is 19.2 Å². The predicted molar refractivity (Wildman–Crippen MR) is 49.2 cm³/mol. The first-order valence-electron chi connectivity index (χ1n) is 4.57. The lowest BCUT2D eigenvalue weighted by Crippen LogP contribution is -2.53. The van der Waals surface area contributed by atoms with Crippen molar-refractivity contribution in [2.45, 2.75) is 32.7 Å². The zero-order chi connectivity index (χ0) is 10.0. The Morgan fingerprint density at radius 3 is 2.62 bits per heavy atom. The summed E-state index contributed by atoms with van der Waals surface area (Å²) >= 11 is 0. The minimum absolute atomic E-state index is 0.0243. The van der Waals surface area contributed by atoms with Gasteiger partial charge < -0.3 is 5.32 Å². The molecule has 0 radical (unpaired) electrons. The lowest BCUT2D eigenvalue weighted by molar-refractivity contribution is -0.129. The van der Waals surface area contributed by atoms with Crippen molar-refractivity contribution in [1.29, 1.82) is 0 Å². The fourth-order valence-corrected chi connectivity index (χ4v) is 1.49. The molecule has 0 aromatic heterocycles. The number of amides is 3. The fourth-order valence-electron chi connectivity index (χ4n) is 1.49. The zero-order valence-corrected chi connectivity index (χ0v) is 8.33. The fraction of sp³-hybridized carbons (Fsp3) is 0.778. The number of nitrogens with zero attached hydrogens (tertiary/aromatic N) is 1. The Bertz CT molecular complexity index is 208. The van der Waals surface area contributed by atoms with Crippen LogP contribution in [0, 0.1) is 5.92 Å². The highest BCUT2D eigenvalue weighted by molar-refractivity contribution is 5.96. The highest BCUT2D eigenvalue weighted by Crippen LogP contribution is 2.13. The molecule has 1 aliphatic rings. The van der Waals surface area contributed by atoms with Gasteiger partial charge in [-0.2, -0.15) is 0 Å². The molecule has 0 aromatic rings. The summed E-state index contributed by atoms with van der Waals surface area (Å²) in [5.41, 5.74) is 0. The van der Waals surface area contributed by atoms with Gasteiger partial charge in [-0.25, -0.2) is 4.79 Å². The second-order valence-corrected chi connectivity index (χ2v) is 3.93. The van der Waals surface area contributed by atoms with E-state index in [-0.39, 0.29) is 18.0 Å². The molecule has 1 heterocycles. The minimum atomic E-state index is -0.276. The summed E-state index contributed by atoms with van der Waals surface area (Å²) in [5.74, 6) is 0.413. The third-order valence-corrected chi connectivity index (χ3v) is 2.18. The quantitative estimate of drug-likeness (QED) is 0.695. The van der Waals surface area contributed by atoms with Gasteiger partial charge in [-0.1, -0.05) is 13.8 Å². The zero-order valence-electron chi connectivity index (χ0n) is 8.33. The van der Waals surface area contributed by atoms with Crippen molar-refractivity contribution in [2.75, 3.05) is 7.05 Å². The maximum absolute atomic E-state index is 11.3. The Morgan fingerprint density at radius 2 is 2.15 bits per heavy atom. The topological polar surface area (TPSA) is 49.4 Å². The molecule has 1 fully saturated rings. The molecule has 0 aromatic carbocycles. The molecular weight excluding hydrogens is 168 g/mol. The second kappa shape index (κ2) is 3.77. The summed E-state index contributed by atoms with van der Waals surface area (Å²) in [7, 11) is 1.50. The number of hydrogen-bond acceptors (Lipinski definition) is 2. The average molecular weight is 184 g/mol. The molecule has 1 rings (SSSR count). The van der Waals surface area contributed by atoms with Gasteiger partial charge in [0.2, 0.25) is 5.91 Å². The maximum atomic E-state index is 11.3. The molecule has 0 bridgehead atoms. The van der Waals surface area contributed by atoms with E-state index in [0.29, 0.717) is 12.3 Å². The average Bonchev–Trinajstić information content (AvgIpc) is 1.98. The minimum Gasteiger partial charge on any atom is -0.334 e. The summed E-state index contributed by atoms with van der Waals surface area (Å²) in [6.45, 7) is 4.16. The van der Waals surface area contributed by atoms with Crippen molar-refractivity contribution < 1.29 is 9.59 Å². The summed E-state index contributed by atoms with van der Waals surface area (Å²) in [5, 5.41) is 2.79. The number of nitrogens with one attached hydrogen (secondary N) is 1. The van der Waals surface area contributed by atoms with Gasteiger partial charge >= 0.3 is 6.03 Å². The summed E-state index contributed by atoms with van der Waals surface area (Å²) < 4.78 is 0. The first kappa shape index (κ1) is 10.0. The summed E-state index contributed by atoms with van der Waals surface area (Å²) in [4.78, 5) is 23.6. The number of urea groups is 1. The normalized spacial score (nSPS) is 23.7. The van der Waals surface area contributed by atoms with E-state index in [1.54, 1.807) is 0 Å². The van der Waals surface area contributed by atoms with Crippen molar-refractivity contribution >= 4 is 11.9 Å². The van der Waals surface area contributed by atoms with Crippen LogP contribution in [0.2, 0.25) is 0 Å². The van der Waals surface area contributed by atoms with Gasteiger partial charge in [0, 0.05) is 19.5 Å². The van der Waals surface area contributed by atoms with E-state index in [0.717, 1.165) is 11.3 Å². The van der Waals surface area contributed by atoms with Crippen LogP contribution in [0.15, 0.2) is 0 Å². The molecule has 1 N–H and O–H groups in total. The molecule has 1 aliphatic heterocycles. The standard InChI is InChI=1S/C9H16N2O2/c1-6(2)4-7-5-8(12)11(3)9(13)10-7/h6-7H,4-5H2,1-3H3,(H,10,13). The summed E-state index contributed by atoms with van der Waals surface area (Å²) in [6, 6.07) is -0.252. The van der Waals surface area contributed by atoms with Gasteiger partial charge in [0.25, 0.3) is 0 Å². The molecule has 1 saturated heterocycles. The molecule has 4 heteroatoms. The Morgan fingerprint density at radius 1 is 1.54 bits per heavy atom. The van der Waals surface area contributed by atoms with E-state index in [9.17, 15) is 9.59 Å². The van der Waals surface area contributed by atoms with Crippen LogP contribution in [0.25, 0.3) is 0 Å². The van der Waals surface area contributed by atoms with Gasteiger partial charge in [0.15, 0.2) is 0 Å². The summed E-state index contributed by atoms with van der Waals surface area (Å²) in [6.07, 6.45) is 1.30. The molecule has 1 unspecified atom stereocenters.